The van der Waals surface area contributed by atoms with Crippen LogP contribution in [0.2, 0.25) is 0 Å². The predicted molar refractivity (Wildman–Crippen MR) is 44.8 cm³/mol. The third-order valence-electron chi connectivity index (χ3n) is 2.65. The molecule has 74 valence electrons. The number of carbonyl (C=O) groups is 2. The molecule has 0 heterocycles. The molecular weight excluding hydrogens is 172 g/mol. The molecule has 0 aromatic carbocycles. The van der Waals surface area contributed by atoms with E-state index in [1.54, 1.807) is 0 Å². The number of hydrogen-bond acceptors (Lipinski definition) is 4. The molecule has 1 saturated carbocycles. The van der Waals surface area contributed by atoms with Crippen molar-refractivity contribution < 1.29 is 19.1 Å². The number of esters is 2. The average Bonchev–Trinajstić information content (AvgIpc) is 2.12. The second-order valence-electron chi connectivity index (χ2n) is 3.39. The maximum atomic E-state index is 11.2. The monoisotopic (exact) mass is 186 g/mol. The van der Waals surface area contributed by atoms with Crippen LogP contribution in [0.1, 0.15) is 13.3 Å². The molecule has 1 aliphatic carbocycles. The molecule has 1 fully saturated rings. The highest BCUT2D eigenvalue weighted by Crippen LogP contribution is 2.41. The number of hydrogen-bond donors (Lipinski definition) is 0. The van der Waals surface area contributed by atoms with Crippen LogP contribution in [0.3, 0.4) is 0 Å². The number of rotatable bonds is 2. The molecule has 0 amide bonds. The Morgan fingerprint density at radius 1 is 1.15 bits per heavy atom. The molecule has 0 bridgehead atoms. The van der Waals surface area contributed by atoms with Gasteiger partial charge in [-0.05, 0) is 12.3 Å². The highest BCUT2D eigenvalue weighted by atomic mass is 16.5. The van der Waals surface area contributed by atoms with Crippen LogP contribution < -0.4 is 0 Å². The van der Waals surface area contributed by atoms with E-state index in [4.69, 9.17) is 0 Å². The molecule has 4 nitrogen and oxygen atoms in total. The van der Waals surface area contributed by atoms with Crippen molar-refractivity contribution in [1.82, 2.24) is 0 Å². The summed E-state index contributed by atoms with van der Waals surface area (Å²) in [5.41, 5.74) is 0. The van der Waals surface area contributed by atoms with Crippen molar-refractivity contribution >= 4 is 11.9 Å². The Morgan fingerprint density at radius 2 is 1.69 bits per heavy atom. The molecule has 1 aliphatic rings. The standard InChI is InChI=1S/C9H14O4/c1-5-4-6(8(10)12-2)7(5)9(11)13-3/h5-7H,4H2,1-3H3. The third kappa shape index (κ3) is 1.66. The normalized spacial score (nSPS) is 31.8. The first kappa shape index (κ1) is 10.0. The summed E-state index contributed by atoms with van der Waals surface area (Å²) in [6.45, 7) is 1.93. The summed E-state index contributed by atoms with van der Waals surface area (Å²) in [7, 11) is 2.67. The van der Waals surface area contributed by atoms with E-state index in [9.17, 15) is 9.59 Å². The highest BCUT2D eigenvalue weighted by molar-refractivity contribution is 5.84. The largest absolute Gasteiger partial charge is 0.469 e. The summed E-state index contributed by atoms with van der Waals surface area (Å²) >= 11 is 0. The summed E-state index contributed by atoms with van der Waals surface area (Å²) in [5.74, 6) is -1.01. The second kappa shape index (κ2) is 3.77. The molecule has 0 N–H and O–H groups in total. The molecule has 0 aromatic heterocycles. The Balaban J connectivity index is 2.61. The molecule has 3 unspecified atom stereocenters. The van der Waals surface area contributed by atoms with Crippen LogP contribution in [0, 0.1) is 17.8 Å². The van der Waals surface area contributed by atoms with Gasteiger partial charge in [0.2, 0.25) is 0 Å². The van der Waals surface area contributed by atoms with Crippen molar-refractivity contribution in [2.75, 3.05) is 14.2 Å². The lowest BCUT2D eigenvalue weighted by molar-refractivity contribution is -0.169. The summed E-state index contributed by atoms with van der Waals surface area (Å²) in [6, 6.07) is 0. The van der Waals surface area contributed by atoms with Crippen molar-refractivity contribution in [2.24, 2.45) is 17.8 Å². The van der Waals surface area contributed by atoms with Crippen LogP contribution in [-0.4, -0.2) is 26.2 Å². The minimum atomic E-state index is -0.312. The maximum Gasteiger partial charge on any atom is 0.309 e. The van der Waals surface area contributed by atoms with Gasteiger partial charge in [0.25, 0.3) is 0 Å². The van der Waals surface area contributed by atoms with E-state index in [1.165, 1.54) is 14.2 Å². The molecular formula is C9H14O4. The summed E-state index contributed by atoms with van der Waals surface area (Å²) in [4.78, 5) is 22.3. The van der Waals surface area contributed by atoms with E-state index >= 15 is 0 Å². The summed E-state index contributed by atoms with van der Waals surface area (Å²) in [5, 5.41) is 0. The number of methoxy groups -OCH3 is 2. The quantitative estimate of drug-likeness (QED) is 0.593. The molecule has 0 radical (unpaired) electrons. The van der Waals surface area contributed by atoms with E-state index in [0.717, 1.165) is 0 Å². The van der Waals surface area contributed by atoms with Gasteiger partial charge in [-0.3, -0.25) is 9.59 Å². The molecule has 13 heavy (non-hydrogen) atoms. The third-order valence-corrected chi connectivity index (χ3v) is 2.65. The van der Waals surface area contributed by atoms with Crippen molar-refractivity contribution in [3.8, 4) is 0 Å². The van der Waals surface area contributed by atoms with Crippen LogP contribution in [0.4, 0.5) is 0 Å². The Morgan fingerprint density at radius 3 is 2.08 bits per heavy atom. The molecule has 0 saturated heterocycles. The van der Waals surface area contributed by atoms with Gasteiger partial charge < -0.3 is 9.47 Å². The fourth-order valence-electron chi connectivity index (χ4n) is 1.82. The first-order valence-corrected chi connectivity index (χ1v) is 4.27. The van der Waals surface area contributed by atoms with Crippen LogP contribution in [0.15, 0.2) is 0 Å². The number of carbonyl (C=O) groups excluding carboxylic acids is 2. The fourth-order valence-corrected chi connectivity index (χ4v) is 1.82. The summed E-state index contributed by atoms with van der Waals surface area (Å²) in [6.07, 6.45) is 0.715. The van der Waals surface area contributed by atoms with E-state index in [-0.39, 0.29) is 29.7 Å². The van der Waals surface area contributed by atoms with Crippen LogP contribution in [-0.2, 0) is 19.1 Å². The zero-order chi connectivity index (χ0) is 10.0. The lowest BCUT2D eigenvalue weighted by Crippen LogP contribution is -2.45. The van der Waals surface area contributed by atoms with Gasteiger partial charge in [0.1, 0.15) is 0 Å². The van der Waals surface area contributed by atoms with E-state index in [1.807, 2.05) is 6.92 Å². The molecule has 0 aromatic rings. The summed E-state index contributed by atoms with van der Waals surface area (Å²) < 4.78 is 9.18. The van der Waals surface area contributed by atoms with Crippen molar-refractivity contribution in [3.05, 3.63) is 0 Å². The van der Waals surface area contributed by atoms with Gasteiger partial charge in [0, 0.05) is 0 Å². The first-order chi connectivity index (χ1) is 6.11. The van der Waals surface area contributed by atoms with Crippen LogP contribution >= 0.6 is 0 Å². The first-order valence-electron chi connectivity index (χ1n) is 4.27. The lowest BCUT2D eigenvalue weighted by Gasteiger charge is -2.38. The van der Waals surface area contributed by atoms with Gasteiger partial charge in [0.15, 0.2) is 0 Å². The average molecular weight is 186 g/mol. The van der Waals surface area contributed by atoms with Gasteiger partial charge >= 0.3 is 11.9 Å². The van der Waals surface area contributed by atoms with Gasteiger partial charge in [0.05, 0.1) is 26.1 Å². The minimum absolute atomic E-state index is 0.219. The molecule has 3 atom stereocenters. The van der Waals surface area contributed by atoms with E-state index in [0.29, 0.717) is 6.42 Å². The maximum absolute atomic E-state index is 11.2. The Labute approximate surface area is 77.2 Å². The molecule has 1 rings (SSSR count). The Kier molecular flexibility index (Phi) is 2.90. The zero-order valence-electron chi connectivity index (χ0n) is 8.07. The smallest absolute Gasteiger partial charge is 0.309 e. The van der Waals surface area contributed by atoms with Gasteiger partial charge in [-0.1, -0.05) is 6.92 Å². The topological polar surface area (TPSA) is 52.6 Å². The SMILES string of the molecule is COC(=O)C1CC(C)C1C(=O)OC. The van der Waals surface area contributed by atoms with Crippen LogP contribution in [0.25, 0.3) is 0 Å². The lowest BCUT2D eigenvalue weighted by atomic mass is 9.65. The van der Waals surface area contributed by atoms with Crippen molar-refractivity contribution in [3.63, 3.8) is 0 Å². The van der Waals surface area contributed by atoms with Crippen LogP contribution in [0.5, 0.6) is 0 Å². The Bertz CT molecular complexity index is 224. The van der Waals surface area contributed by atoms with Crippen molar-refractivity contribution in [2.45, 2.75) is 13.3 Å². The predicted octanol–water partition coefficient (Wildman–Crippen LogP) is 0.605. The van der Waals surface area contributed by atoms with E-state index in [2.05, 4.69) is 9.47 Å². The fraction of sp³-hybridized carbons (Fsp3) is 0.778. The van der Waals surface area contributed by atoms with Gasteiger partial charge in [-0.25, -0.2) is 0 Å². The molecule has 0 aliphatic heterocycles. The molecule has 0 spiro atoms. The molecule has 4 heteroatoms. The van der Waals surface area contributed by atoms with E-state index < -0.39 is 0 Å². The van der Waals surface area contributed by atoms with Gasteiger partial charge in [-0.15, -0.1) is 0 Å². The van der Waals surface area contributed by atoms with Gasteiger partial charge in [-0.2, -0.15) is 0 Å². The minimum Gasteiger partial charge on any atom is -0.469 e. The Hall–Kier alpha value is -1.06. The van der Waals surface area contributed by atoms with Crippen molar-refractivity contribution in [1.29, 1.82) is 0 Å². The zero-order valence-corrected chi connectivity index (χ0v) is 8.07. The second-order valence-corrected chi connectivity index (χ2v) is 3.39. The number of ether oxygens (including phenoxy) is 2. The highest BCUT2D eigenvalue weighted by Gasteiger charge is 2.48.